The maximum atomic E-state index is 5.46. The molecule has 0 spiro atoms. The first-order valence-corrected chi connectivity index (χ1v) is 6.92. The molecule has 0 aliphatic rings. The van der Waals surface area contributed by atoms with Crippen molar-refractivity contribution in [2.45, 2.75) is 65.0 Å². The summed E-state index contributed by atoms with van der Waals surface area (Å²) in [7, 11) is 1.79. The number of hydrogen-bond acceptors (Lipinski definition) is 3. The molecule has 0 fully saturated rings. The van der Waals surface area contributed by atoms with Crippen molar-refractivity contribution < 1.29 is 9.47 Å². The Morgan fingerprint density at radius 2 is 1.88 bits per heavy atom. The second kappa shape index (κ2) is 9.86. The van der Waals surface area contributed by atoms with E-state index in [1.807, 2.05) is 6.92 Å². The molecule has 0 rings (SSSR count). The molecule has 0 saturated carbocycles. The normalized spacial score (nSPS) is 13.9. The third-order valence-electron chi connectivity index (χ3n) is 3.19. The zero-order chi connectivity index (χ0) is 13.1. The summed E-state index contributed by atoms with van der Waals surface area (Å²) in [5, 5.41) is 3.55. The lowest BCUT2D eigenvalue weighted by atomic mass is 9.96. The first-order valence-electron chi connectivity index (χ1n) is 6.92. The van der Waals surface area contributed by atoms with Gasteiger partial charge in [-0.3, -0.25) is 0 Å². The molecule has 0 aromatic carbocycles. The third kappa shape index (κ3) is 9.57. The van der Waals surface area contributed by atoms with Gasteiger partial charge < -0.3 is 14.8 Å². The molecule has 3 nitrogen and oxygen atoms in total. The third-order valence-corrected chi connectivity index (χ3v) is 3.19. The van der Waals surface area contributed by atoms with Crippen LogP contribution in [0.4, 0.5) is 0 Å². The minimum absolute atomic E-state index is 0.00636. The Morgan fingerprint density at radius 1 is 1.18 bits per heavy atom. The van der Waals surface area contributed by atoms with Crippen molar-refractivity contribution in [3.63, 3.8) is 0 Å². The van der Waals surface area contributed by atoms with Gasteiger partial charge in [-0.1, -0.05) is 6.92 Å². The molecular formula is C14H31NO2. The predicted octanol–water partition coefficient (Wildman–Crippen LogP) is 2.99. The number of hydrogen-bond donors (Lipinski definition) is 1. The summed E-state index contributed by atoms with van der Waals surface area (Å²) < 4.78 is 10.8. The van der Waals surface area contributed by atoms with Crippen molar-refractivity contribution >= 4 is 0 Å². The molecule has 0 saturated heterocycles. The molecule has 17 heavy (non-hydrogen) atoms. The Labute approximate surface area is 107 Å². The lowest BCUT2D eigenvalue weighted by Crippen LogP contribution is -2.32. The Kier molecular flexibility index (Phi) is 9.79. The number of rotatable bonds is 11. The average Bonchev–Trinajstić information content (AvgIpc) is 2.31. The van der Waals surface area contributed by atoms with Gasteiger partial charge in [0.05, 0.1) is 5.60 Å². The van der Waals surface area contributed by atoms with Crippen LogP contribution in [0.3, 0.4) is 0 Å². The molecule has 3 heteroatoms. The summed E-state index contributed by atoms with van der Waals surface area (Å²) >= 11 is 0. The Bertz CT molecular complexity index is 172. The second-order valence-electron chi connectivity index (χ2n) is 5.10. The van der Waals surface area contributed by atoms with Gasteiger partial charge in [-0.25, -0.2) is 0 Å². The molecule has 0 bridgehead atoms. The fourth-order valence-corrected chi connectivity index (χ4v) is 1.84. The molecule has 0 aromatic rings. The van der Waals surface area contributed by atoms with E-state index in [4.69, 9.17) is 9.47 Å². The minimum atomic E-state index is -0.00636. The summed E-state index contributed by atoms with van der Waals surface area (Å²) in [6.07, 6.45) is 4.59. The summed E-state index contributed by atoms with van der Waals surface area (Å²) in [5.74, 6) is 0. The van der Waals surface area contributed by atoms with E-state index < -0.39 is 0 Å². The Balaban J connectivity index is 3.81. The molecular weight excluding hydrogens is 214 g/mol. The van der Waals surface area contributed by atoms with Crippen LogP contribution in [0.15, 0.2) is 0 Å². The zero-order valence-corrected chi connectivity index (χ0v) is 12.3. The van der Waals surface area contributed by atoms with E-state index >= 15 is 0 Å². The van der Waals surface area contributed by atoms with E-state index in [2.05, 4.69) is 26.1 Å². The maximum absolute atomic E-state index is 5.46. The van der Waals surface area contributed by atoms with Gasteiger partial charge in [0.1, 0.15) is 0 Å². The molecule has 1 unspecified atom stereocenters. The lowest BCUT2D eigenvalue weighted by Gasteiger charge is -2.26. The highest BCUT2D eigenvalue weighted by atomic mass is 16.5. The first kappa shape index (κ1) is 16.9. The van der Waals surface area contributed by atoms with E-state index in [0.717, 1.165) is 32.6 Å². The highest BCUT2D eigenvalue weighted by molar-refractivity contribution is 4.74. The van der Waals surface area contributed by atoms with Gasteiger partial charge in [0.2, 0.25) is 0 Å². The van der Waals surface area contributed by atoms with Crippen molar-refractivity contribution in [2.24, 2.45) is 0 Å². The number of methoxy groups -OCH3 is 1. The van der Waals surface area contributed by atoms with E-state index in [9.17, 15) is 0 Å². The van der Waals surface area contributed by atoms with Crippen LogP contribution in [0.1, 0.15) is 53.4 Å². The van der Waals surface area contributed by atoms with E-state index in [0.29, 0.717) is 6.04 Å². The fraction of sp³-hybridized carbons (Fsp3) is 1.00. The monoisotopic (exact) mass is 245 g/mol. The van der Waals surface area contributed by atoms with Gasteiger partial charge in [0.15, 0.2) is 0 Å². The van der Waals surface area contributed by atoms with E-state index in [-0.39, 0.29) is 5.60 Å². The molecule has 0 radical (unpaired) electrons. The van der Waals surface area contributed by atoms with Gasteiger partial charge in [0.25, 0.3) is 0 Å². The summed E-state index contributed by atoms with van der Waals surface area (Å²) in [4.78, 5) is 0. The van der Waals surface area contributed by atoms with E-state index in [1.165, 1.54) is 12.8 Å². The molecule has 0 aromatic heterocycles. The largest absolute Gasteiger partial charge is 0.382 e. The van der Waals surface area contributed by atoms with Crippen molar-refractivity contribution in [3.05, 3.63) is 0 Å². The number of nitrogens with one attached hydrogen (secondary N) is 1. The predicted molar refractivity (Wildman–Crippen MR) is 73.5 cm³/mol. The van der Waals surface area contributed by atoms with Crippen molar-refractivity contribution in [1.82, 2.24) is 5.32 Å². The Hall–Kier alpha value is -0.120. The van der Waals surface area contributed by atoms with Crippen molar-refractivity contribution in [1.29, 1.82) is 0 Å². The number of ether oxygens (including phenoxy) is 2. The van der Waals surface area contributed by atoms with Crippen LogP contribution in [-0.4, -0.2) is 38.5 Å². The fourth-order valence-electron chi connectivity index (χ4n) is 1.84. The van der Waals surface area contributed by atoms with E-state index in [1.54, 1.807) is 7.11 Å². The van der Waals surface area contributed by atoms with Gasteiger partial charge in [0, 0.05) is 26.4 Å². The highest BCUT2D eigenvalue weighted by Gasteiger charge is 2.18. The van der Waals surface area contributed by atoms with Crippen LogP contribution in [0.5, 0.6) is 0 Å². The van der Waals surface area contributed by atoms with Crippen molar-refractivity contribution in [3.8, 4) is 0 Å². The molecule has 1 N–H and O–H groups in total. The van der Waals surface area contributed by atoms with Crippen LogP contribution in [0.2, 0.25) is 0 Å². The molecule has 0 heterocycles. The second-order valence-corrected chi connectivity index (χ2v) is 5.10. The SMILES string of the molecule is CCNC(CCCOCC)CCC(C)(C)OC. The van der Waals surface area contributed by atoms with Crippen LogP contribution < -0.4 is 5.32 Å². The topological polar surface area (TPSA) is 30.5 Å². The van der Waals surface area contributed by atoms with Gasteiger partial charge >= 0.3 is 0 Å². The zero-order valence-electron chi connectivity index (χ0n) is 12.3. The smallest absolute Gasteiger partial charge is 0.0623 e. The van der Waals surface area contributed by atoms with Gasteiger partial charge in [-0.2, -0.15) is 0 Å². The maximum Gasteiger partial charge on any atom is 0.0623 e. The van der Waals surface area contributed by atoms with Gasteiger partial charge in [-0.05, 0) is 53.0 Å². The van der Waals surface area contributed by atoms with Gasteiger partial charge in [-0.15, -0.1) is 0 Å². The van der Waals surface area contributed by atoms with Crippen LogP contribution in [-0.2, 0) is 9.47 Å². The highest BCUT2D eigenvalue weighted by Crippen LogP contribution is 2.18. The summed E-state index contributed by atoms with van der Waals surface area (Å²) in [6.45, 7) is 11.2. The molecule has 104 valence electrons. The standard InChI is InChI=1S/C14H31NO2/c1-6-15-13(9-8-12-17-7-2)10-11-14(3,4)16-5/h13,15H,6-12H2,1-5H3. The summed E-state index contributed by atoms with van der Waals surface area (Å²) in [6, 6.07) is 0.592. The molecule has 0 amide bonds. The lowest BCUT2D eigenvalue weighted by molar-refractivity contribution is 0.0113. The first-order chi connectivity index (χ1) is 8.05. The molecule has 1 atom stereocenters. The van der Waals surface area contributed by atoms with Crippen molar-refractivity contribution in [2.75, 3.05) is 26.9 Å². The quantitative estimate of drug-likeness (QED) is 0.568. The Morgan fingerprint density at radius 3 is 2.41 bits per heavy atom. The minimum Gasteiger partial charge on any atom is -0.382 e. The molecule has 0 aliphatic carbocycles. The van der Waals surface area contributed by atoms with Crippen LogP contribution in [0.25, 0.3) is 0 Å². The average molecular weight is 245 g/mol. The summed E-state index contributed by atoms with van der Waals surface area (Å²) in [5.41, 5.74) is -0.00636. The van der Waals surface area contributed by atoms with Crippen LogP contribution in [0, 0.1) is 0 Å². The molecule has 0 aliphatic heterocycles. The van der Waals surface area contributed by atoms with Crippen LogP contribution >= 0.6 is 0 Å².